The molecular formula is C9H9O3RbS. The van der Waals surface area contributed by atoms with Crippen molar-refractivity contribution in [1.29, 1.82) is 0 Å². The summed E-state index contributed by atoms with van der Waals surface area (Å²) in [5.41, 5.74) is 0.493. The first kappa shape index (κ1) is 14.7. The van der Waals surface area contributed by atoms with Crippen LogP contribution in [0.3, 0.4) is 0 Å². The predicted molar refractivity (Wildman–Crippen MR) is 48.3 cm³/mol. The van der Waals surface area contributed by atoms with Gasteiger partial charge in [-0.3, -0.25) is 0 Å². The van der Waals surface area contributed by atoms with Crippen LogP contribution >= 0.6 is 0 Å². The minimum atomic E-state index is -4.35. The van der Waals surface area contributed by atoms with Gasteiger partial charge in [0.15, 0.2) is 0 Å². The van der Waals surface area contributed by atoms with Gasteiger partial charge in [0.25, 0.3) is 0 Å². The third-order valence-electron chi connectivity index (χ3n) is 1.61. The molecule has 1 rings (SSSR count). The molecule has 0 aromatic heterocycles. The van der Waals surface area contributed by atoms with Crippen LogP contribution in [0.1, 0.15) is 5.56 Å². The van der Waals surface area contributed by atoms with Crippen LogP contribution in [-0.4, -0.2) is 13.0 Å². The number of hydrogen-bond donors (Lipinski definition) is 0. The maximum atomic E-state index is 10.7. The van der Waals surface area contributed by atoms with Crippen LogP contribution in [0.15, 0.2) is 41.8 Å². The summed E-state index contributed by atoms with van der Waals surface area (Å²) in [4.78, 5) is -0.157. The molecule has 70 valence electrons. The summed E-state index contributed by atoms with van der Waals surface area (Å²) in [5.74, 6) is 0. The summed E-state index contributed by atoms with van der Waals surface area (Å²) >= 11 is 0. The predicted octanol–water partition coefficient (Wildman–Crippen LogP) is -1.68. The van der Waals surface area contributed by atoms with E-state index >= 15 is 0 Å². The van der Waals surface area contributed by atoms with Gasteiger partial charge in [-0.15, -0.1) is 6.58 Å². The first-order valence-electron chi connectivity index (χ1n) is 3.70. The van der Waals surface area contributed by atoms with E-state index in [9.17, 15) is 13.0 Å². The Morgan fingerprint density at radius 2 is 1.93 bits per heavy atom. The van der Waals surface area contributed by atoms with Crippen LogP contribution in [0.4, 0.5) is 0 Å². The topological polar surface area (TPSA) is 57.2 Å². The van der Waals surface area contributed by atoms with Gasteiger partial charge in [-0.05, 0) is 18.1 Å². The average molecular weight is 283 g/mol. The van der Waals surface area contributed by atoms with Crippen molar-refractivity contribution in [3.8, 4) is 0 Å². The molecule has 14 heavy (non-hydrogen) atoms. The normalized spacial score (nSPS) is 10.4. The van der Waals surface area contributed by atoms with Gasteiger partial charge in [0, 0.05) is 0 Å². The third kappa shape index (κ3) is 4.04. The molecule has 0 bridgehead atoms. The Bertz CT molecular complexity index is 412. The fourth-order valence-corrected chi connectivity index (χ4v) is 1.79. The van der Waals surface area contributed by atoms with Gasteiger partial charge < -0.3 is 4.55 Å². The Kier molecular flexibility index (Phi) is 6.60. The second-order valence-corrected chi connectivity index (χ2v) is 3.90. The van der Waals surface area contributed by atoms with Gasteiger partial charge in [0.2, 0.25) is 0 Å². The Balaban J connectivity index is 0.00000169. The van der Waals surface area contributed by atoms with E-state index in [1.807, 2.05) is 0 Å². The molecule has 0 atom stereocenters. The van der Waals surface area contributed by atoms with E-state index in [-0.39, 0.29) is 63.1 Å². The van der Waals surface area contributed by atoms with Crippen LogP contribution in [0.2, 0.25) is 0 Å². The first-order valence-corrected chi connectivity index (χ1v) is 5.11. The van der Waals surface area contributed by atoms with Crippen molar-refractivity contribution >= 4 is 10.1 Å². The zero-order valence-corrected chi connectivity index (χ0v) is 13.7. The molecule has 0 fully saturated rings. The number of benzene rings is 1. The largest absolute Gasteiger partial charge is 1.00 e. The van der Waals surface area contributed by atoms with E-state index in [0.717, 1.165) is 0 Å². The molecule has 0 spiro atoms. The number of hydrogen-bond acceptors (Lipinski definition) is 3. The molecule has 5 heteroatoms. The minimum absolute atomic E-state index is 0. The van der Waals surface area contributed by atoms with E-state index in [4.69, 9.17) is 0 Å². The van der Waals surface area contributed by atoms with Crippen LogP contribution in [0, 0.1) is 0 Å². The van der Waals surface area contributed by atoms with Crippen molar-refractivity contribution in [3.63, 3.8) is 0 Å². The number of allylic oxidation sites excluding steroid dienone is 1. The van der Waals surface area contributed by atoms with Gasteiger partial charge in [-0.1, -0.05) is 24.3 Å². The second kappa shape index (κ2) is 6.30. The van der Waals surface area contributed by atoms with Crippen molar-refractivity contribution in [2.45, 2.75) is 11.3 Å². The van der Waals surface area contributed by atoms with Crippen molar-refractivity contribution < 1.29 is 71.2 Å². The van der Waals surface area contributed by atoms with Crippen molar-refractivity contribution in [1.82, 2.24) is 0 Å². The van der Waals surface area contributed by atoms with E-state index in [1.165, 1.54) is 12.1 Å². The molecule has 0 aliphatic rings. The molecule has 0 saturated heterocycles. The molecule has 0 saturated carbocycles. The Labute approximate surface area is 133 Å². The summed E-state index contributed by atoms with van der Waals surface area (Å²) in [6, 6.07) is 6.12. The van der Waals surface area contributed by atoms with Crippen LogP contribution in [0.25, 0.3) is 0 Å². The Hall–Kier alpha value is 0.675. The Morgan fingerprint density at radius 3 is 2.43 bits per heavy atom. The zero-order chi connectivity index (χ0) is 9.90. The molecule has 0 aliphatic heterocycles. The molecule has 0 unspecified atom stereocenters. The van der Waals surface area contributed by atoms with E-state index < -0.39 is 10.1 Å². The number of rotatable bonds is 3. The second-order valence-electron chi connectivity index (χ2n) is 2.55. The van der Waals surface area contributed by atoms with Crippen LogP contribution in [-0.2, 0) is 16.5 Å². The smallest absolute Gasteiger partial charge is 0.744 e. The summed E-state index contributed by atoms with van der Waals surface area (Å²) in [5, 5.41) is 0. The first-order chi connectivity index (χ1) is 6.05. The molecule has 0 amide bonds. The molecule has 0 N–H and O–H groups in total. The SMILES string of the molecule is C=CCc1ccccc1S(=O)(=O)[O-].[Rb+]. The maximum absolute atomic E-state index is 10.7. The molecule has 0 radical (unpaired) electrons. The molecular weight excluding hydrogens is 274 g/mol. The molecule has 0 heterocycles. The average Bonchev–Trinajstić information content (AvgIpc) is 2.04. The van der Waals surface area contributed by atoms with Crippen LogP contribution in [0.5, 0.6) is 0 Å². The van der Waals surface area contributed by atoms with Gasteiger partial charge in [-0.2, -0.15) is 0 Å². The zero-order valence-electron chi connectivity index (χ0n) is 7.93. The van der Waals surface area contributed by atoms with E-state index in [2.05, 4.69) is 6.58 Å². The van der Waals surface area contributed by atoms with E-state index in [0.29, 0.717) is 12.0 Å². The monoisotopic (exact) mass is 282 g/mol. The summed E-state index contributed by atoms with van der Waals surface area (Å²) in [6.07, 6.45) is 1.95. The molecule has 1 aromatic carbocycles. The summed E-state index contributed by atoms with van der Waals surface area (Å²) in [7, 11) is -4.35. The van der Waals surface area contributed by atoms with Gasteiger partial charge in [0.05, 0.1) is 4.90 Å². The van der Waals surface area contributed by atoms with Crippen molar-refractivity contribution in [2.24, 2.45) is 0 Å². The Morgan fingerprint density at radius 1 is 1.36 bits per heavy atom. The van der Waals surface area contributed by atoms with Crippen LogP contribution < -0.4 is 58.2 Å². The van der Waals surface area contributed by atoms with Crippen molar-refractivity contribution in [3.05, 3.63) is 42.5 Å². The quantitative estimate of drug-likeness (QED) is 0.492. The van der Waals surface area contributed by atoms with Gasteiger partial charge in [0.1, 0.15) is 10.1 Å². The van der Waals surface area contributed by atoms with Crippen molar-refractivity contribution in [2.75, 3.05) is 0 Å². The van der Waals surface area contributed by atoms with Gasteiger partial charge in [-0.25, -0.2) is 8.42 Å². The summed E-state index contributed by atoms with van der Waals surface area (Å²) < 4.78 is 32.2. The summed E-state index contributed by atoms with van der Waals surface area (Å²) in [6.45, 7) is 3.48. The molecule has 1 aromatic rings. The van der Waals surface area contributed by atoms with E-state index in [1.54, 1.807) is 18.2 Å². The molecule has 0 aliphatic carbocycles. The fraction of sp³-hybridized carbons (Fsp3) is 0.111. The maximum Gasteiger partial charge on any atom is 1.00 e. The fourth-order valence-electron chi connectivity index (χ4n) is 1.07. The third-order valence-corrected chi connectivity index (χ3v) is 2.54. The molecule has 3 nitrogen and oxygen atoms in total. The minimum Gasteiger partial charge on any atom is -0.744 e. The van der Waals surface area contributed by atoms with Gasteiger partial charge >= 0.3 is 58.2 Å². The standard InChI is InChI=1S/C9H10O3S.Rb/c1-2-5-8-6-3-4-7-9(8)13(10,11)12;/h2-4,6-7H,1,5H2,(H,10,11,12);/q;+1/p-1.